The van der Waals surface area contributed by atoms with Gasteiger partial charge in [-0.1, -0.05) is 30.0 Å². The normalized spacial score (nSPS) is 28.0. The molecule has 22 heavy (non-hydrogen) atoms. The molecule has 0 amide bonds. The average molecular weight is 326 g/mol. The number of hydrogen-bond acceptors (Lipinski definition) is 7. The summed E-state index contributed by atoms with van der Waals surface area (Å²) in [5, 5.41) is 10.3. The third-order valence-corrected chi connectivity index (χ3v) is 4.21. The quantitative estimate of drug-likeness (QED) is 0.837. The third-order valence-electron chi connectivity index (χ3n) is 3.03. The summed E-state index contributed by atoms with van der Waals surface area (Å²) in [4.78, 5) is 23.3. The van der Waals surface area contributed by atoms with Crippen LogP contribution in [0.25, 0.3) is 0 Å². The summed E-state index contributed by atoms with van der Waals surface area (Å²) >= 11 is 1.34. The Bertz CT molecular complexity index is 520. The summed E-state index contributed by atoms with van der Waals surface area (Å²) in [6, 6.07) is 9.43. The minimum absolute atomic E-state index is 0.0447. The maximum absolute atomic E-state index is 11.3. The van der Waals surface area contributed by atoms with Gasteiger partial charge in [-0.05, 0) is 12.1 Å². The van der Waals surface area contributed by atoms with Gasteiger partial charge in [0.2, 0.25) is 0 Å². The number of carbonyl (C=O) groups is 2. The van der Waals surface area contributed by atoms with Crippen molar-refractivity contribution in [3.63, 3.8) is 0 Å². The summed E-state index contributed by atoms with van der Waals surface area (Å²) in [5.74, 6) is -1.06. The zero-order chi connectivity index (χ0) is 16.1. The molecule has 1 N–H and O–H groups in total. The zero-order valence-electron chi connectivity index (χ0n) is 12.3. The molecule has 1 heterocycles. The number of aliphatic hydroxyl groups excluding tert-OH is 1. The maximum atomic E-state index is 11.3. The second kappa shape index (κ2) is 7.62. The lowest BCUT2D eigenvalue weighted by molar-refractivity contribution is -0.201. The molecule has 1 aliphatic rings. The third kappa shape index (κ3) is 4.46. The molecular formula is C15H18O6S. The molecule has 1 aromatic rings. The first-order valence-corrected chi connectivity index (χ1v) is 7.71. The number of ether oxygens (including phenoxy) is 3. The van der Waals surface area contributed by atoms with Gasteiger partial charge >= 0.3 is 11.9 Å². The van der Waals surface area contributed by atoms with Gasteiger partial charge in [0.25, 0.3) is 0 Å². The molecular weight excluding hydrogens is 308 g/mol. The SMILES string of the molecule is CC(=O)O[C@H]1[C@H](O)[C@H](OC(C)=O)CO[C@@H]1Sc1ccccc1. The molecule has 0 aromatic heterocycles. The van der Waals surface area contributed by atoms with Crippen LogP contribution in [0.4, 0.5) is 0 Å². The Morgan fingerprint density at radius 2 is 1.82 bits per heavy atom. The lowest BCUT2D eigenvalue weighted by Gasteiger charge is -2.38. The molecule has 1 aromatic carbocycles. The molecule has 1 saturated heterocycles. The molecule has 1 fully saturated rings. The van der Waals surface area contributed by atoms with Gasteiger partial charge in [0.1, 0.15) is 11.5 Å². The molecule has 120 valence electrons. The van der Waals surface area contributed by atoms with Gasteiger partial charge < -0.3 is 19.3 Å². The van der Waals surface area contributed by atoms with E-state index in [1.807, 2.05) is 30.3 Å². The van der Waals surface area contributed by atoms with Crippen molar-refractivity contribution in [1.29, 1.82) is 0 Å². The number of thioether (sulfide) groups is 1. The van der Waals surface area contributed by atoms with E-state index in [9.17, 15) is 14.7 Å². The Morgan fingerprint density at radius 1 is 1.18 bits per heavy atom. The molecule has 0 unspecified atom stereocenters. The highest BCUT2D eigenvalue weighted by molar-refractivity contribution is 7.99. The van der Waals surface area contributed by atoms with E-state index in [2.05, 4.69) is 0 Å². The van der Waals surface area contributed by atoms with Crippen LogP contribution in [-0.4, -0.2) is 47.4 Å². The van der Waals surface area contributed by atoms with E-state index in [0.717, 1.165) is 4.90 Å². The van der Waals surface area contributed by atoms with Crippen LogP contribution in [0.3, 0.4) is 0 Å². The van der Waals surface area contributed by atoms with Crippen molar-refractivity contribution in [1.82, 2.24) is 0 Å². The van der Waals surface area contributed by atoms with E-state index in [1.54, 1.807) is 0 Å². The summed E-state index contributed by atoms with van der Waals surface area (Å²) in [7, 11) is 0. The van der Waals surface area contributed by atoms with Gasteiger partial charge in [-0.15, -0.1) is 0 Å². The van der Waals surface area contributed by atoms with Crippen LogP contribution in [0.2, 0.25) is 0 Å². The number of carbonyl (C=O) groups excluding carboxylic acids is 2. The molecule has 0 radical (unpaired) electrons. The molecule has 0 spiro atoms. The molecule has 1 aliphatic heterocycles. The lowest BCUT2D eigenvalue weighted by Crippen LogP contribution is -2.54. The number of esters is 2. The summed E-state index contributed by atoms with van der Waals surface area (Å²) in [5.41, 5.74) is -0.576. The highest BCUT2D eigenvalue weighted by Gasteiger charge is 2.43. The van der Waals surface area contributed by atoms with Crippen LogP contribution < -0.4 is 0 Å². The Labute approximate surface area is 132 Å². The Balaban J connectivity index is 2.11. The average Bonchev–Trinajstić information content (AvgIpc) is 2.46. The Hall–Kier alpha value is -1.57. The minimum atomic E-state index is -1.14. The first kappa shape index (κ1) is 16.8. The second-order valence-electron chi connectivity index (χ2n) is 4.85. The first-order valence-electron chi connectivity index (χ1n) is 6.83. The molecule has 4 atom stereocenters. The van der Waals surface area contributed by atoms with E-state index in [-0.39, 0.29) is 6.61 Å². The van der Waals surface area contributed by atoms with Gasteiger partial charge in [-0.3, -0.25) is 9.59 Å². The van der Waals surface area contributed by atoms with Crippen LogP contribution in [0, 0.1) is 0 Å². The smallest absolute Gasteiger partial charge is 0.303 e. The number of rotatable bonds is 4. The summed E-state index contributed by atoms with van der Waals surface area (Å²) in [6.45, 7) is 2.55. The van der Waals surface area contributed by atoms with Gasteiger partial charge in [0.05, 0.1) is 6.61 Å². The zero-order valence-corrected chi connectivity index (χ0v) is 13.1. The van der Waals surface area contributed by atoms with Crippen LogP contribution in [0.5, 0.6) is 0 Å². The molecule has 0 bridgehead atoms. The lowest BCUT2D eigenvalue weighted by atomic mass is 10.1. The van der Waals surface area contributed by atoms with Crippen molar-refractivity contribution >= 4 is 23.7 Å². The Morgan fingerprint density at radius 3 is 2.41 bits per heavy atom. The minimum Gasteiger partial charge on any atom is -0.457 e. The fourth-order valence-electron chi connectivity index (χ4n) is 2.12. The van der Waals surface area contributed by atoms with Crippen molar-refractivity contribution in [3.8, 4) is 0 Å². The van der Waals surface area contributed by atoms with Crippen LogP contribution in [0.1, 0.15) is 13.8 Å². The van der Waals surface area contributed by atoms with Gasteiger partial charge in [-0.25, -0.2) is 0 Å². The predicted molar refractivity (Wildman–Crippen MR) is 79.2 cm³/mol. The van der Waals surface area contributed by atoms with Crippen molar-refractivity contribution in [3.05, 3.63) is 30.3 Å². The van der Waals surface area contributed by atoms with Gasteiger partial charge in [0, 0.05) is 18.7 Å². The number of aliphatic hydroxyl groups is 1. The molecule has 7 heteroatoms. The predicted octanol–water partition coefficient (Wildman–Crippen LogP) is 1.36. The highest BCUT2D eigenvalue weighted by Crippen LogP contribution is 2.33. The fourth-order valence-corrected chi connectivity index (χ4v) is 3.20. The van der Waals surface area contributed by atoms with E-state index in [0.29, 0.717) is 0 Å². The Kier molecular flexibility index (Phi) is 5.82. The number of hydrogen-bond donors (Lipinski definition) is 1. The largest absolute Gasteiger partial charge is 0.457 e. The van der Waals surface area contributed by atoms with E-state index < -0.39 is 35.7 Å². The molecule has 0 saturated carbocycles. The van der Waals surface area contributed by atoms with Crippen LogP contribution in [0.15, 0.2) is 35.2 Å². The highest BCUT2D eigenvalue weighted by atomic mass is 32.2. The standard InChI is InChI=1S/C15H18O6S/c1-9(16)20-12-8-19-15(14(13(12)18)21-10(2)17)22-11-6-4-3-5-7-11/h3-7,12-15,18H,8H2,1-2H3/t12-,13-,14+,15-/m1/s1. The summed E-state index contributed by atoms with van der Waals surface area (Å²) < 4.78 is 15.8. The van der Waals surface area contributed by atoms with E-state index >= 15 is 0 Å². The topological polar surface area (TPSA) is 82.1 Å². The van der Waals surface area contributed by atoms with Crippen molar-refractivity contribution in [2.24, 2.45) is 0 Å². The van der Waals surface area contributed by atoms with Crippen molar-refractivity contribution < 1.29 is 28.9 Å². The molecule has 2 rings (SSSR count). The number of benzene rings is 1. The fraction of sp³-hybridized carbons (Fsp3) is 0.467. The maximum Gasteiger partial charge on any atom is 0.303 e. The second-order valence-corrected chi connectivity index (χ2v) is 6.02. The van der Waals surface area contributed by atoms with Crippen LogP contribution >= 0.6 is 11.8 Å². The monoisotopic (exact) mass is 326 g/mol. The van der Waals surface area contributed by atoms with Crippen LogP contribution in [-0.2, 0) is 23.8 Å². The molecule has 6 nitrogen and oxygen atoms in total. The molecule has 0 aliphatic carbocycles. The van der Waals surface area contributed by atoms with Crippen molar-refractivity contribution in [2.75, 3.05) is 6.61 Å². The van der Waals surface area contributed by atoms with Crippen molar-refractivity contribution in [2.45, 2.75) is 42.5 Å². The van der Waals surface area contributed by atoms with E-state index in [1.165, 1.54) is 25.6 Å². The van der Waals surface area contributed by atoms with Gasteiger partial charge in [-0.2, -0.15) is 0 Å². The van der Waals surface area contributed by atoms with Gasteiger partial charge in [0.15, 0.2) is 12.2 Å². The summed E-state index contributed by atoms with van der Waals surface area (Å²) in [6.07, 6.45) is -2.90. The first-order chi connectivity index (χ1) is 10.5. The van der Waals surface area contributed by atoms with E-state index in [4.69, 9.17) is 14.2 Å².